The fourth-order valence-corrected chi connectivity index (χ4v) is 2.69. The number of hydrogen-bond donors (Lipinski definition) is 2. The highest BCUT2D eigenvalue weighted by atomic mass is 79.9. The van der Waals surface area contributed by atoms with Gasteiger partial charge in [-0.15, -0.1) is 0 Å². The van der Waals surface area contributed by atoms with E-state index in [2.05, 4.69) is 21.2 Å². The lowest BCUT2D eigenvalue weighted by Gasteiger charge is -2.13. The lowest BCUT2D eigenvalue weighted by molar-refractivity contribution is -0.131. The molecular formula is C19H18BrNO5. The minimum atomic E-state index is -1.05. The van der Waals surface area contributed by atoms with Gasteiger partial charge in [-0.25, -0.2) is 4.79 Å². The van der Waals surface area contributed by atoms with Gasteiger partial charge in [-0.1, -0.05) is 17.7 Å². The summed E-state index contributed by atoms with van der Waals surface area (Å²) in [5.74, 6) is -0.613. The third kappa shape index (κ3) is 5.63. The van der Waals surface area contributed by atoms with Crippen molar-refractivity contribution >= 4 is 39.6 Å². The van der Waals surface area contributed by atoms with Crippen molar-refractivity contribution in [3.05, 3.63) is 58.1 Å². The smallest absolute Gasteiger partial charge is 0.328 e. The summed E-state index contributed by atoms with van der Waals surface area (Å²) in [7, 11) is 1.46. The van der Waals surface area contributed by atoms with Crippen molar-refractivity contribution in [1.29, 1.82) is 0 Å². The Morgan fingerprint density at radius 1 is 1.23 bits per heavy atom. The molecule has 0 aliphatic carbocycles. The minimum Gasteiger partial charge on any atom is -0.493 e. The number of carboxylic acids is 1. The lowest BCUT2D eigenvalue weighted by atomic mass is 10.2. The molecule has 0 fully saturated rings. The Bertz CT molecular complexity index is 831. The molecule has 26 heavy (non-hydrogen) atoms. The Kier molecular flexibility index (Phi) is 6.80. The number of nitrogens with one attached hydrogen (secondary N) is 1. The molecule has 0 bridgehead atoms. The van der Waals surface area contributed by atoms with Crippen LogP contribution >= 0.6 is 15.9 Å². The number of carbonyl (C=O) groups is 2. The quantitative estimate of drug-likeness (QED) is 0.665. The van der Waals surface area contributed by atoms with Gasteiger partial charge >= 0.3 is 5.97 Å². The monoisotopic (exact) mass is 419 g/mol. The summed E-state index contributed by atoms with van der Waals surface area (Å²) >= 11 is 3.35. The van der Waals surface area contributed by atoms with Gasteiger partial charge in [-0.3, -0.25) is 4.79 Å². The average molecular weight is 420 g/mol. The Labute approximate surface area is 159 Å². The molecular weight excluding hydrogens is 402 g/mol. The summed E-state index contributed by atoms with van der Waals surface area (Å²) in [5.41, 5.74) is 2.40. The van der Waals surface area contributed by atoms with Crippen molar-refractivity contribution in [1.82, 2.24) is 0 Å². The first-order valence-electron chi connectivity index (χ1n) is 7.67. The molecule has 0 atom stereocenters. The molecule has 136 valence electrons. The summed E-state index contributed by atoms with van der Waals surface area (Å²) < 4.78 is 11.4. The molecule has 0 aliphatic rings. The zero-order valence-electron chi connectivity index (χ0n) is 14.3. The Morgan fingerprint density at radius 2 is 1.92 bits per heavy atom. The number of carboxylic acid groups (broad SMARTS) is 1. The highest BCUT2D eigenvalue weighted by molar-refractivity contribution is 9.10. The maximum atomic E-state index is 12.1. The van der Waals surface area contributed by atoms with Gasteiger partial charge in [0.1, 0.15) is 0 Å². The summed E-state index contributed by atoms with van der Waals surface area (Å²) in [5, 5.41) is 11.5. The zero-order chi connectivity index (χ0) is 19.1. The summed E-state index contributed by atoms with van der Waals surface area (Å²) in [4.78, 5) is 22.7. The Morgan fingerprint density at radius 3 is 2.54 bits per heavy atom. The van der Waals surface area contributed by atoms with Crippen molar-refractivity contribution in [3.8, 4) is 11.5 Å². The van der Waals surface area contributed by atoms with Crippen LogP contribution < -0.4 is 14.8 Å². The van der Waals surface area contributed by atoms with Crippen molar-refractivity contribution < 1.29 is 24.2 Å². The fourth-order valence-electron chi connectivity index (χ4n) is 2.12. The SMILES string of the molecule is COc1cc(C=CC(=O)O)cc(Br)c1OCC(=O)Nc1ccc(C)cc1. The van der Waals surface area contributed by atoms with Gasteiger partial charge in [0.05, 0.1) is 11.6 Å². The van der Waals surface area contributed by atoms with Gasteiger partial charge in [-0.05, 0) is 58.8 Å². The topological polar surface area (TPSA) is 84.9 Å². The van der Waals surface area contributed by atoms with Gasteiger partial charge in [0.15, 0.2) is 18.1 Å². The van der Waals surface area contributed by atoms with E-state index in [9.17, 15) is 9.59 Å². The van der Waals surface area contributed by atoms with E-state index in [1.54, 1.807) is 12.1 Å². The third-order valence-corrected chi connectivity index (χ3v) is 3.94. The molecule has 7 heteroatoms. The number of aryl methyl sites for hydroxylation is 1. The van der Waals surface area contributed by atoms with E-state index in [-0.39, 0.29) is 12.5 Å². The van der Waals surface area contributed by atoms with Crippen LogP contribution in [0.2, 0.25) is 0 Å². The fraction of sp³-hybridized carbons (Fsp3) is 0.158. The van der Waals surface area contributed by atoms with Gasteiger partial charge < -0.3 is 19.9 Å². The van der Waals surface area contributed by atoms with Crippen LogP contribution in [0, 0.1) is 6.92 Å². The normalized spacial score (nSPS) is 10.6. The first kappa shape index (κ1) is 19.5. The van der Waals surface area contributed by atoms with Crippen LogP contribution in [0.5, 0.6) is 11.5 Å². The molecule has 2 rings (SSSR count). The molecule has 0 aliphatic heterocycles. The average Bonchev–Trinajstić information content (AvgIpc) is 2.60. The van der Waals surface area contributed by atoms with Gasteiger partial charge in [0.2, 0.25) is 0 Å². The van der Waals surface area contributed by atoms with Gasteiger partial charge in [0.25, 0.3) is 5.91 Å². The maximum Gasteiger partial charge on any atom is 0.328 e. The van der Waals surface area contributed by atoms with E-state index < -0.39 is 5.97 Å². The summed E-state index contributed by atoms with van der Waals surface area (Å²) in [6.07, 6.45) is 2.46. The van der Waals surface area contributed by atoms with Crippen molar-refractivity contribution in [2.75, 3.05) is 19.0 Å². The Balaban J connectivity index is 2.07. The predicted molar refractivity (Wildman–Crippen MR) is 103 cm³/mol. The third-order valence-electron chi connectivity index (χ3n) is 3.35. The molecule has 0 unspecified atom stereocenters. The first-order valence-corrected chi connectivity index (χ1v) is 8.46. The van der Waals surface area contributed by atoms with Crippen LogP contribution in [0.25, 0.3) is 6.08 Å². The van der Waals surface area contributed by atoms with Crippen LogP contribution in [-0.2, 0) is 9.59 Å². The van der Waals surface area contributed by atoms with Crippen LogP contribution in [0.4, 0.5) is 5.69 Å². The van der Waals surface area contributed by atoms with E-state index in [0.717, 1.165) is 11.6 Å². The summed E-state index contributed by atoms with van der Waals surface area (Å²) in [6.45, 7) is 1.76. The molecule has 0 saturated carbocycles. The molecule has 6 nitrogen and oxygen atoms in total. The molecule has 0 radical (unpaired) electrons. The second-order valence-electron chi connectivity index (χ2n) is 5.41. The number of ether oxygens (including phenoxy) is 2. The first-order chi connectivity index (χ1) is 12.4. The van der Waals surface area contributed by atoms with Crippen LogP contribution in [0.3, 0.4) is 0 Å². The lowest BCUT2D eigenvalue weighted by Crippen LogP contribution is -2.20. The largest absolute Gasteiger partial charge is 0.493 e. The number of amides is 1. The number of anilines is 1. The second kappa shape index (κ2) is 9.05. The minimum absolute atomic E-state index is 0.201. The highest BCUT2D eigenvalue weighted by Crippen LogP contribution is 2.37. The number of hydrogen-bond acceptors (Lipinski definition) is 4. The van der Waals surface area contributed by atoms with Crippen LogP contribution in [-0.4, -0.2) is 30.7 Å². The van der Waals surface area contributed by atoms with Crippen molar-refractivity contribution in [3.63, 3.8) is 0 Å². The molecule has 0 spiro atoms. The van der Waals surface area contributed by atoms with E-state index in [1.807, 2.05) is 31.2 Å². The number of benzene rings is 2. The van der Waals surface area contributed by atoms with Gasteiger partial charge in [-0.2, -0.15) is 0 Å². The second-order valence-corrected chi connectivity index (χ2v) is 6.26. The predicted octanol–water partition coefficient (Wildman–Crippen LogP) is 3.88. The number of aliphatic carboxylic acids is 1. The number of rotatable bonds is 7. The molecule has 0 saturated heterocycles. The van der Waals surface area contributed by atoms with Crippen LogP contribution in [0.15, 0.2) is 46.9 Å². The number of methoxy groups -OCH3 is 1. The molecule has 2 N–H and O–H groups in total. The number of carbonyl (C=O) groups excluding carboxylic acids is 1. The zero-order valence-corrected chi connectivity index (χ0v) is 15.9. The van der Waals surface area contributed by atoms with E-state index in [4.69, 9.17) is 14.6 Å². The standard InChI is InChI=1S/C19H18BrNO5/c1-12-3-6-14(7-4-12)21-17(22)11-26-19-15(20)9-13(5-8-18(23)24)10-16(19)25-2/h3-10H,11H2,1-2H3,(H,21,22)(H,23,24). The van der Waals surface area contributed by atoms with Crippen molar-refractivity contribution in [2.24, 2.45) is 0 Å². The van der Waals surface area contributed by atoms with Gasteiger partial charge in [0, 0.05) is 11.8 Å². The highest BCUT2D eigenvalue weighted by Gasteiger charge is 2.13. The summed E-state index contributed by atoms with van der Waals surface area (Å²) in [6, 6.07) is 10.7. The van der Waals surface area contributed by atoms with E-state index >= 15 is 0 Å². The Hall–Kier alpha value is -2.80. The van der Waals surface area contributed by atoms with E-state index in [0.29, 0.717) is 27.2 Å². The maximum absolute atomic E-state index is 12.1. The van der Waals surface area contributed by atoms with Crippen LogP contribution in [0.1, 0.15) is 11.1 Å². The molecule has 0 heterocycles. The molecule has 1 amide bonds. The number of halogens is 1. The molecule has 2 aromatic carbocycles. The molecule has 2 aromatic rings. The van der Waals surface area contributed by atoms with E-state index in [1.165, 1.54) is 13.2 Å². The molecule has 0 aromatic heterocycles. The van der Waals surface area contributed by atoms with Crippen molar-refractivity contribution in [2.45, 2.75) is 6.92 Å².